The number of aryl methyl sites for hydroxylation is 1. The molecule has 4 unspecified atom stereocenters. The fourth-order valence-electron chi connectivity index (χ4n) is 4.72. The van der Waals surface area contributed by atoms with Crippen LogP contribution in [-0.4, -0.2) is 69.3 Å². The number of rotatable bonds is 8. The largest absolute Gasteiger partial charge is 0.467 e. The lowest BCUT2D eigenvalue weighted by atomic mass is 9.94. The van der Waals surface area contributed by atoms with Gasteiger partial charge in [0.15, 0.2) is 0 Å². The molecule has 0 radical (unpaired) electrons. The minimum atomic E-state index is -0.724. The number of anilines is 1. The van der Waals surface area contributed by atoms with E-state index in [1.54, 1.807) is 7.11 Å². The maximum absolute atomic E-state index is 13.0. The molecule has 7 nitrogen and oxygen atoms in total. The molecule has 1 aromatic carbocycles. The summed E-state index contributed by atoms with van der Waals surface area (Å²) in [6.45, 7) is 3.87. The molecule has 0 saturated carbocycles. The van der Waals surface area contributed by atoms with Crippen molar-refractivity contribution < 1.29 is 19.1 Å². The van der Waals surface area contributed by atoms with Crippen LogP contribution >= 0.6 is 0 Å². The van der Waals surface area contributed by atoms with Crippen molar-refractivity contribution in [1.29, 1.82) is 0 Å². The second kappa shape index (κ2) is 10.3. The van der Waals surface area contributed by atoms with E-state index >= 15 is 0 Å². The predicted octanol–water partition coefficient (Wildman–Crippen LogP) is 1.99. The van der Waals surface area contributed by atoms with Crippen molar-refractivity contribution in [2.24, 2.45) is 5.92 Å². The van der Waals surface area contributed by atoms with E-state index in [0.29, 0.717) is 6.42 Å². The quantitative estimate of drug-likeness (QED) is 0.630. The van der Waals surface area contributed by atoms with Gasteiger partial charge in [-0.3, -0.25) is 4.79 Å². The van der Waals surface area contributed by atoms with Gasteiger partial charge < -0.3 is 25.0 Å². The molecule has 1 amide bonds. The molecular weight excluding hydrogens is 382 g/mol. The fraction of sp³-hybridized carbons (Fsp3) is 0.652. The highest BCUT2D eigenvalue weighted by Crippen LogP contribution is 2.26. The predicted molar refractivity (Wildman–Crippen MR) is 117 cm³/mol. The minimum absolute atomic E-state index is 0.183. The molecular formula is C23H35N3O4. The fourth-order valence-corrected chi connectivity index (χ4v) is 4.72. The minimum Gasteiger partial charge on any atom is -0.467 e. The number of carbonyl (C=O) groups excluding carboxylic acids is 2. The average molecular weight is 418 g/mol. The third kappa shape index (κ3) is 5.13. The number of likely N-dealkylation sites (tertiary alicyclic amines) is 1. The number of esters is 1. The highest BCUT2D eigenvalue weighted by atomic mass is 16.5. The standard InChI is InChI=1S/C23H35N3O4/c1-15(21(29-3)20-8-6-12-26(20)2)22(27)25-19(23(28)30-4)14-16-9-10-18-17(13-16)7-5-11-24-18/h9-10,13,15,19-21,24H,5-8,11-12,14H2,1-4H3,(H,25,27). The summed E-state index contributed by atoms with van der Waals surface area (Å²) < 4.78 is 10.7. The first-order valence-electron chi connectivity index (χ1n) is 10.9. The molecule has 2 N–H and O–H groups in total. The Bertz CT molecular complexity index is 754. The zero-order chi connectivity index (χ0) is 21.7. The first kappa shape index (κ1) is 22.6. The second-order valence-corrected chi connectivity index (χ2v) is 8.49. The summed E-state index contributed by atoms with van der Waals surface area (Å²) in [6, 6.07) is 5.67. The Morgan fingerprint density at radius 3 is 2.77 bits per heavy atom. The summed E-state index contributed by atoms with van der Waals surface area (Å²) in [5, 5.41) is 6.32. The molecule has 0 bridgehead atoms. The normalized spacial score (nSPS) is 21.8. The molecule has 2 aliphatic heterocycles. The van der Waals surface area contributed by atoms with E-state index in [0.717, 1.165) is 50.0 Å². The van der Waals surface area contributed by atoms with Crippen LogP contribution in [-0.2, 0) is 31.9 Å². The molecule has 1 fully saturated rings. The first-order chi connectivity index (χ1) is 14.4. The molecule has 2 heterocycles. The van der Waals surface area contributed by atoms with Crippen LogP contribution in [0.2, 0.25) is 0 Å². The molecule has 1 aromatic rings. The summed E-state index contributed by atoms with van der Waals surface area (Å²) in [5.41, 5.74) is 3.42. The average Bonchev–Trinajstić information content (AvgIpc) is 3.18. The van der Waals surface area contributed by atoms with Crippen LogP contribution in [0.25, 0.3) is 0 Å². The first-order valence-corrected chi connectivity index (χ1v) is 10.9. The molecule has 0 aliphatic carbocycles. The Morgan fingerprint density at radius 2 is 2.10 bits per heavy atom. The number of methoxy groups -OCH3 is 2. The third-order valence-corrected chi connectivity index (χ3v) is 6.48. The molecule has 0 spiro atoms. The van der Waals surface area contributed by atoms with Gasteiger partial charge in [-0.05, 0) is 56.5 Å². The Kier molecular flexibility index (Phi) is 7.72. The lowest BCUT2D eigenvalue weighted by Crippen LogP contribution is -2.51. The van der Waals surface area contributed by atoms with Crippen LogP contribution < -0.4 is 10.6 Å². The van der Waals surface area contributed by atoms with E-state index in [9.17, 15) is 9.59 Å². The van der Waals surface area contributed by atoms with Crippen molar-refractivity contribution in [1.82, 2.24) is 10.2 Å². The SMILES string of the molecule is COC(=O)C(Cc1ccc2c(c1)CCCN2)NC(=O)C(C)C(OC)C1CCCN1C. The maximum Gasteiger partial charge on any atom is 0.328 e. The topological polar surface area (TPSA) is 79.9 Å². The lowest BCUT2D eigenvalue weighted by Gasteiger charge is -2.32. The van der Waals surface area contributed by atoms with Gasteiger partial charge >= 0.3 is 5.97 Å². The summed E-state index contributed by atoms with van der Waals surface area (Å²) in [6.07, 6.45) is 4.42. The van der Waals surface area contributed by atoms with Crippen LogP contribution in [0.3, 0.4) is 0 Å². The second-order valence-electron chi connectivity index (χ2n) is 8.49. The van der Waals surface area contributed by atoms with Crippen molar-refractivity contribution in [2.75, 3.05) is 39.7 Å². The van der Waals surface area contributed by atoms with Gasteiger partial charge in [-0.15, -0.1) is 0 Å². The number of carbonyl (C=O) groups is 2. The number of nitrogens with zero attached hydrogens (tertiary/aromatic N) is 1. The highest BCUT2D eigenvalue weighted by Gasteiger charge is 2.37. The molecule has 3 rings (SSSR count). The molecule has 2 aliphatic rings. The van der Waals surface area contributed by atoms with Crippen LogP contribution in [0.5, 0.6) is 0 Å². The number of benzene rings is 1. The monoisotopic (exact) mass is 417 g/mol. The molecule has 166 valence electrons. The number of hydrogen-bond acceptors (Lipinski definition) is 6. The highest BCUT2D eigenvalue weighted by molar-refractivity contribution is 5.86. The van der Waals surface area contributed by atoms with Crippen LogP contribution in [0, 0.1) is 5.92 Å². The Hall–Kier alpha value is -2.12. The van der Waals surface area contributed by atoms with Crippen molar-refractivity contribution in [3.63, 3.8) is 0 Å². The van der Waals surface area contributed by atoms with E-state index in [1.807, 2.05) is 13.0 Å². The Balaban J connectivity index is 1.69. The summed E-state index contributed by atoms with van der Waals surface area (Å²) in [4.78, 5) is 27.7. The van der Waals surface area contributed by atoms with Crippen molar-refractivity contribution in [3.8, 4) is 0 Å². The zero-order valence-electron chi connectivity index (χ0n) is 18.6. The Morgan fingerprint density at radius 1 is 1.30 bits per heavy atom. The molecule has 4 atom stereocenters. The van der Waals surface area contributed by atoms with Crippen LogP contribution in [0.4, 0.5) is 5.69 Å². The molecule has 0 aromatic heterocycles. The van der Waals surface area contributed by atoms with Gasteiger partial charge in [0.05, 0.1) is 19.1 Å². The lowest BCUT2D eigenvalue weighted by molar-refractivity contribution is -0.146. The smallest absolute Gasteiger partial charge is 0.328 e. The van der Waals surface area contributed by atoms with Gasteiger partial charge in [-0.2, -0.15) is 0 Å². The van der Waals surface area contributed by atoms with E-state index in [-0.39, 0.29) is 24.0 Å². The van der Waals surface area contributed by atoms with Crippen LogP contribution in [0.1, 0.15) is 37.3 Å². The van der Waals surface area contributed by atoms with E-state index in [4.69, 9.17) is 9.47 Å². The van der Waals surface area contributed by atoms with Crippen LogP contribution in [0.15, 0.2) is 18.2 Å². The van der Waals surface area contributed by atoms with Crippen molar-refractivity contribution >= 4 is 17.6 Å². The van der Waals surface area contributed by atoms with Crippen molar-refractivity contribution in [2.45, 2.75) is 57.2 Å². The van der Waals surface area contributed by atoms with Gasteiger partial charge in [0.1, 0.15) is 6.04 Å². The van der Waals surface area contributed by atoms with Gasteiger partial charge in [-0.1, -0.05) is 19.1 Å². The number of ether oxygens (including phenoxy) is 2. The number of amides is 1. The van der Waals surface area contributed by atoms with E-state index < -0.39 is 12.0 Å². The van der Waals surface area contributed by atoms with E-state index in [1.165, 1.54) is 12.7 Å². The zero-order valence-corrected chi connectivity index (χ0v) is 18.6. The molecule has 7 heteroatoms. The number of hydrogen-bond donors (Lipinski definition) is 2. The summed E-state index contributed by atoms with van der Waals surface area (Å²) in [5.74, 6) is -0.990. The van der Waals surface area contributed by atoms with Crippen molar-refractivity contribution in [3.05, 3.63) is 29.3 Å². The van der Waals surface area contributed by atoms with Gasteiger partial charge in [-0.25, -0.2) is 4.79 Å². The number of likely N-dealkylation sites (N-methyl/N-ethyl adjacent to an activating group) is 1. The van der Waals surface area contributed by atoms with Gasteiger partial charge in [0.2, 0.25) is 5.91 Å². The van der Waals surface area contributed by atoms with Gasteiger partial charge in [0, 0.05) is 31.8 Å². The maximum atomic E-state index is 13.0. The molecule has 30 heavy (non-hydrogen) atoms. The number of nitrogens with one attached hydrogen (secondary N) is 2. The van der Waals surface area contributed by atoms with Gasteiger partial charge in [0.25, 0.3) is 0 Å². The summed E-state index contributed by atoms with van der Waals surface area (Å²) in [7, 11) is 5.07. The third-order valence-electron chi connectivity index (χ3n) is 6.48. The number of fused-ring (bicyclic) bond motifs is 1. The summed E-state index contributed by atoms with van der Waals surface area (Å²) >= 11 is 0. The van der Waals surface area contributed by atoms with E-state index in [2.05, 4.69) is 34.7 Å². The Labute approximate surface area is 179 Å². The molecule has 1 saturated heterocycles.